The van der Waals surface area contributed by atoms with E-state index in [-0.39, 0.29) is 40.9 Å². The van der Waals surface area contributed by atoms with Crippen LogP contribution in [0.3, 0.4) is 0 Å². The van der Waals surface area contributed by atoms with Crippen LogP contribution in [0.5, 0.6) is 0 Å². The van der Waals surface area contributed by atoms with E-state index in [0.29, 0.717) is 0 Å². The van der Waals surface area contributed by atoms with Gasteiger partial charge in [0.2, 0.25) is 0 Å². The maximum Gasteiger partial charge on any atom is 0.407 e. The Kier molecular flexibility index (Phi) is 7.53. The Morgan fingerprint density at radius 1 is 1.15 bits per heavy atom. The van der Waals surface area contributed by atoms with Crippen molar-refractivity contribution in [1.29, 1.82) is 0 Å². The number of aliphatic hydroxyl groups excluding tert-OH is 2. The topological polar surface area (TPSA) is 105 Å². The van der Waals surface area contributed by atoms with Crippen molar-refractivity contribution in [3.63, 3.8) is 0 Å². The van der Waals surface area contributed by atoms with E-state index >= 15 is 0 Å². The molecule has 2 aromatic rings. The lowest BCUT2D eigenvalue weighted by molar-refractivity contribution is 0.0137. The summed E-state index contributed by atoms with van der Waals surface area (Å²) in [6, 6.07) is 12.1. The van der Waals surface area contributed by atoms with Gasteiger partial charge in [-0.05, 0) is 24.1 Å². The predicted molar refractivity (Wildman–Crippen MR) is 101 cm³/mol. The highest BCUT2D eigenvalue weighted by molar-refractivity contribution is 6.35. The van der Waals surface area contributed by atoms with Gasteiger partial charge in [0.15, 0.2) is 0 Å². The average molecular weight is 399 g/mol. The summed E-state index contributed by atoms with van der Waals surface area (Å²) in [5, 5.41) is 23.3. The van der Waals surface area contributed by atoms with Crippen LogP contribution in [0.4, 0.5) is 10.5 Å². The van der Waals surface area contributed by atoms with Crippen LogP contribution >= 0.6 is 23.2 Å². The second-order valence-corrected chi connectivity index (χ2v) is 6.50. The molecule has 0 spiro atoms. The maximum atomic E-state index is 11.6. The molecule has 140 valence electrons. The van der Waals surface area contributed by atoms with Crippen molar-refractivity contribution in [2.75, 3.05) is 12.3 Å². The average Bonchev–Trinajstić information content (AvgIpc) is 2.63. The Balaban J connectivity index is 1.78. The van der Waals surface area contributed by atoms with E-state index < -0.39 is 18.3 Å². The van der Waals surface area contributed by atoms with E-state index in [0.717, 1.165) is 5.56 Å². The number of rotatable bonds is 7. The van der Waals surface area contributed by atoms with E-state index in [1.807, 2.05) is 30.3 Å². The fourth-order valence-corrected chi connectivity index (χ4v) is 2.72. The molecule has 5 N–H and O–H groups in total. The molecule has 0 fully saturated rings. The molecule has 0 saturated heterocycles. The van der Waals surface area contributed by atoms with Gasteiger partial charge in [-0.25, -0.2) is 4.79 Å². The number of hydrogen-bond acceptors (Lipinski definition) is 5. The smallest absolute Gasteiger partial charge is 0.407 e. The number of amides is 1. The van der Waals surface area contributed by atoms with Crippen molar-refractivity contribution in [1.82, 2.24) is 5.32 Å². The third-order valence-electron chi connectivity index (χ3n) is 3.72. The highest BCUT2D eigenvalue weighted by atomic mass is 35.5. The van der Waals surface area contributed by atoms with Gasteiger partial charge >= 0.3 is 6.09 Å². The Bertz CT molecular complexity index is 743. The summed E-state index contributed by atoms with van der Waals surface area (Å²) >= 11 is 11.9. The molecule has 6 nitrogen and oxygen atoms in total. The van der Waals surface area contributed by atoms with E-state index in [4.69, 9.17) is 33.7 Å². The molecule has 2 unspecified atom stereocenters. The summed E-state index contributed by atoms with van der Waals surface area (Å²) in [7, 11) is 0. The fraction of sp³-hybridized carbons (Fsp3) is 0.278. The highest BCUT2D eigenvalue weighted by Crippen LogP contribution is 2.32. The van der Waals surface area contributed by atoms with Crippen LogP contribution in [0.15, 0.2) is 42.5 Å². The summed E-state index contributed by atoms with van der Waals surface area (Å²) < 4.78 is 5.06. The number of nitrogens with two attached hydrogens (primary N) is 1. The zero-order valence-corrected chi connectivity index (χ0v) is 15.4. The first-order chi connectivity index (χ1) is 12.4. The first kappa shape index (κ1) is 20.3. The molecular weight excluding hydrogens is 379 g/mol. The molecule has 0 aromatic heterocycles. The summed E-state index contributed by atoms with van der Waals surface area (Å²) in [5.74, 6) is 0. The minimum Gasteiger partial charge on any atom is -0.445 e. The van der Waals surface area contributed by atoms with Crippen molar-refractivity contribution in [2.24, 2.45) is 0 Å². The van der Waals surface area contributed by atoms with Gasteiger partial charge in [-0.15, -0.1) is 0 Å². The first-order valence-electron chi connectivity index (χ1n) is 7.93. The molecule has 0 radical (unpaired) electrons. The van der Waals surface area contributed by atoms with Crippen molar-refractivity contribution in [3.8, 4) is 0 Å². The minimum absolute atomic E-state index is 0.0972. The number of halogens is 2. The van der Waals surface area contributed by atoms with Crippen LogP contribution in [-0.4, -0.2) is 29.0 Å². The van der Waals surface area contributed by atoms with Crippen LogP contribution in [0.1, 0.15) is 23.7 Å². The van der Waals surface area contributed by atoms with Gasteiger partial charge in [-0.3, -0.25) is 0 Å². The van der Waals surface area contributed by atoms with E-state index in [1.54, 1.807) is 0 Å². The molecule has 0 aliphatic heterocycles. The monoisotopic (exact) mass is 398 g/mol. The van der Waals surface area contributed by atoms with Gasteiger partial charge in [0.1, 0.15) is 12.7 Å². The molecule has 0 aliphatic rings. The van der Waals surface area contributed by atoms with Gasteiger partial charge in [-0.2, -0.15) is 0 Å². The van der Waals surface area contributed by atoms with Gasteiger partial charge < -0.3 is 26.0 Å². The SMILES string of the molecule is Nc1cc(Cl)c(C(O)C(O)CCNC(=O)OCc2ccccc2)cc1Cl. The maximum absolute atomic E-state index is 11.6. The Hall–Kier alpha value is -1.99. The summed E-state index contributed by atoms with van der Waals surface area (Å²) in [6.45, 7) is 0.267. The normalized spacial score (nSPS) is 13.1. The summed E-state index contributed by atoms with van der Waals surface area (Å²) in [6.07, 6.45) is -2.92. The number of benzene rings is 2. The molecule has 1 amide bonds. The van der Waals surface area contributed by atoms with Gasteiger partial charge in [0.05, 0.1) is 16.8 Å². The molecule has 0 saturated carbocycles. The standard InChI is InChI=1S/C18H20Cl2N2O4/c19-13-9-15(21)14(20)8-12(13)17(24)16(23)6-7-22-18(25)26-10-11-4-2-1-3-5-11/h1-5,8-9,16-17,23-24H,6-7,10,21H2,(H,22,25). The molecular formula is C18H20Cl2N2O4. The lowest BCUT2D eigenvalue weighted by Crippen LogP contribution is -2.29. The van der Waals surface area contributed by atoms with Gasteiger partial charge in [0, 0.05) is 17.1 Å². The fourth-order valence-electron chi connectivity index (χ4n) is 2.27. The quantitative estimate of drug-likeness (QED) is 0.535. The molecule has 0 heterocycles. The largest absolute Gasteiger partial charge is 0.445 e. The second-order valence-electron chi connectivity index (χ2n) is 5.68. The molecule has 2 rings (SSSR count). The zero-order chi connectivity index (χ0) is 19.1. The Morgan fingerprint density at radius 2 is 1.85 bits per heavy atom. The number of nitrogen functional groups attached to an aromatic ring is 1. The Morgan fingerprint density at radius 3 is 2.54 bits per heavy atom. The zero-order valence-electron chi connectivity index (χ0n) is 13.9. The van der Waals surface area contributed by atoms with Crippen molar-refractivity contribution in [2.45, 2.75) is 25.2 Å². The van der Waals surface area contributed by atoms with Gasteiger partial charge in [-0.1, -0.05) is 53.5 Å². The van der Waals surface area contributed by atoms with Crippen LogP contribution < -0.4 is 11.1 Å². The molecule has 0 aliphatic carbocycles. The van der Waals surface area contributed by atoms with Crippen LogP contribution in [-0.2, 0) is 11.3 Å². The number of nitrogens with one attached hydrogen (secondary N) is 1. The first-order valence-corrected chi connectivity index (χ1v) is 8.69. The third kappa shape index (κ3) is 5.78. The van der Waals surface area contributed by atoms with Crippen LogP contribution in [0, 0.1) is 0 Å². The summed E-state index contributed by atoms with van der Waals surface area (Å²) in [4.78, 5) is 11.6. The molecule has 2 atom stereocenters. The lowest BCUT2D eigenvalue weighted by Gasteiger charge is -2.20. The predicted octanol–water partition coefficient (Wildman–Crippen LogP) is 3.29. The number of ether oxygens (including phenoxy) is 1. The second kappa shape index (κ2) is 9.64. The lowest BCUT2D eigenvalue weighted by atomic mass is 10.0. The number of anilines is 1. The van der Waals surface area contributed by atoms with Crippen molar-refractivity contribution in [3.05, 3.63) is 63.6 Å². The Labute approximate surface area is 161 Å². The number of carbonyl (C=O) groups is 1. The van der Waals surface area contributed by atoms with E-state index in [2.05, 4.69) is 5.32 Å². The van der Waals surface area contributed by atoms with E-state index in [9.17, 15) is 15.0 Å². The summed E-state index contributed by atoms with van der Waals surface area (Å²) in [5.41, 5.74) is 7.05. The number of alkyl carbamates (subject to hydrolysis) is 1. The van der Waals surface area contributed by atoms with Crippen LogP contribution in [0.2, 0.25) is 10.0 Å². The number of carbonyl (C=O) groups excluding carboxylic acids is 1. The molecule has 26 heavy (non-hydrogen) atoms. The number of hydrogen-bond donors (Lipinski definition) is 4. The highest BCUT2D eigenvalue weighted by Gasteiger charge is 2.22. The van der Waals surface area contributed by atoms with Crippen LogP contribution in [0.25, 0.3) is 0 Å². The van der Waals surface area contributed by atoms with E-state index in [1.165, 1.54) is 12.1 Å². The number of aliphatic hydroxyl groups is 2. The molecule has 2 aromatic carbocycles. The van der Waals surface area contributed by atoms with Crippen molar-refractivity contribution >= 4 is 35.0 Å². The third-order valence-corrected chi connectivity index (χ3v) is 4.38. The molecule has 8 heteroatoms. The van der Waals surface area contributed by atoms with Gasteiger partial charge in [0.25, 0.3) is 0 Å². The van der Waals surface area contributed by atoms with Crippen molar-refractivity contribution < 1.29 is 19.7 Å². The molecule has 0 bridgehead atoms. The minimum atomic E-state index is -1.26.